The molecule has 0 aliphatic rings. The molecule has 9 heavy (non-hydrogen) atoms. The summed E-state index contributed by atoms with van der Waals surface area (Å²) in [5.74, 6) is 0.152. The summed E-state index contributed by atoms with van der Waals surface area (Å²) in [7, 11) is 0. The maximum Gasteiger partial charge on any atom is 0.240 e. The van der Waals surface area contributed by atoms with Crippen LogP contribution in [-0.4, -0.2) is 12.5 Å². The van der Waals surface area contributed by atoms with E-state index in [1.807, 2.05) is 13.8 Å². The van der Waals surface area contributed by atoms with E-state index >= 15 is 0 Å². The first-order valence-electron chi connectivity index (χ1n) is 3.07. The van der Waals surface area contributed by atoms with Crippen molar-refractivity contribution in [3.63, 3.8) is 0 Å². The number of rotatable bonds is 3. The molecule has 1 nitrogen and oxygen atoms in total. The molecule has 0 saturated carbocycles. The van der Waals surface area contributed by atoms with Crippen molar-refractivity contribution in [3.8, 4) is 0 Å². The Balaban J connectivity index is 3.38. The largest absolute Gasteiger partial charge is 0.327 e. The normalized spacial score (nSPS) is 15.0. The minimum Gasteiger partial charge on any atom is -0.327 e. The van der Waals surface area contributed by atoms with Crippen LogP contribution in [0.2, 0.25) is 0 Å². The number of hydrogen-bond donors (Lipinski definition) is 1. The summed E-state index contributed by atoms with van der Waals surface area (Å²) in [6.07, 6.45) is -2.44. The van der Waals surface area contributed by atoms with Crippen molar-refractivity contribution in [1.29, 1.82) is 0 Å². The zero-order valence-electron chi connectivity index (χ0n) is 5.77. The predicted octanol–water partition coefficient (Wildman–Crippen LogP) is 1.62. The molecule has 0 unspecified atom stereocenters. The summed E-state index contributed by atoms with van der Waals surface area (Å²) in [5, 5.41) is 0. The van der Waals surface area contributed by atoms with E-state index in [4.69, 9.17) is 5.73 Å². The topological polar surface area (TPSA) is 26.0 Å². The van der Waals surface area contributed by atoms with Crippen molar-refractivity contribution >= 4 is 0 Å². The van der Waals surface area contributed by atoms with Crippen molar-refractivity contribution in [2.75, 3.05) is 0 Å². The smallest absolute Gasteiger partial charge is 0.240 e. The highest BCUT2D eigenvalue weighted by atomic mass is 19.3. The molecule has 1 atom stereocenters. The van der Waals surface area contributed by atoms with Gasteiger partial charge < -0.3 is 5.73 Å². The number of hydrogen-bond acceptors (Lipinski definition) is 1. The Morgan fingerprint density at radius 2 is 1.78 bits per heavy atom. The molecule has 0 aliphatic heterocycles. The van der Waals surface area contributed by atoms with Crippen molar-refractivity contribution in [3.05, 3.63) is 0 Å². The molecule has 0 amide bonds. The number of nitrogens with two attached hydrogens (primary N) is 1. The van der Waals surface area contributed by atoms with Crippen molar-refractivity contribution in [2.45, 2.75) is 32.7 Å². The van der Waals surface area contributed by atoms with E-state index in [-0.39, 0.29) is 18.4 Å². The average Bonchev–Trinajstić information content (AvgIpc) is 1.63. The van der Waals surface area contributed by atoms with Gasteiger partial charge >= 0.3 is 0 Å². The molecule has 0 heterocycles. The van der Waals surface area contributed by atoms with Crippen molar-refractivity contribution < 1.29 is 8.78 Å². The van der Waals surface area contributed by atoms with Crippen LogP contribution in [0.5, 0.6) is 0 Å². The van der Waals surface area contributed by atoms with E-state index in [2.05, 4.69) is 0 Å². The second-order valence-corrected chi connectivity index (χ2v) is 2.53. The van der Waals surface area contributed by atoms with Gasteiger partial charge in [0.05, 0.1) is 0 Å². The van der Waals surface area contributed by atoms with Gasteiger partial charge in [-0.05, 0) is 5.92 Å². The minimum atomic E-state index is -2.26. The van der Waals surface area contributed by atoms with Gasteiger partial charge in [0.1, 0.15) is 0 Å². The monoisotopic (exact) mass is 137 g/mol. The van der Waals surface area contributed by atoms with Crippen molar-refractivity contribution in [1.82, 2.24) is 0 Å². The fraction of sp³-hybridized carbons (Fsp3) is 1.00. The minimum absolute atomic E-state index is 0.152. The molecular weight excluding hydrogens is 124 g/mol. The Labute approximate surface area is 54.2 Å². The van der Waals surface area contributed by atoms with E-state index < -0.39 is 6.43 Å². The fourth-order valence-electron chi connectivity index (χ4n) is 0.478. The number of alkyl halides is 2. The first-order valence-corrected chi connectivity index (χ1v) is 3.07. The second-order valence-electron chi connectivity index (χ2n) is 2.53. The second kappa shape index (κ2) is 3.77. The maximum absolute atomic E-state index is 11.6. The molecule has 0 bridgehead atoms. The summed E-state index contributed by atoms with van der Waals surface area (Å²) in [4.78, 5) is 0. The summed E-state index contributed by atoms with van der Waals surface area (Å²) >= 11 is 0. The lowest BCUT2D eigenvalue weighted by Crippen LogP contribution is -2.28. The number of halogens is 2. The highest BCUT2D eigenvalue weighted by molar-refractivity contribution is 4.65. The molecule has 0 aromatic heterocycles. The molecular formula is C6H13F2N. The van der Waals surface area contributed by atoms with Gasteiger partial charge in [0.15, 0.2) is 0 Å². The Bertz CT molecular complexity index is 73.5. The van der Waals surface area contributed by atoms with Crippen LogP contribution in [0.1, 0.15) is 20.3 Å². The molecule has 0 spiro atoms. The van der Waals surface area contributed by atoms with Gasteiger partial charge in [-0.15, -0.1) is 0 Å². The van der Waals surface area contributed by atoms with Gasteiger partial charge in [-0.3, -0.25) is 0 Å². The van der Waals surface area contributed by atoms with Gasteiger partial charge in [-0.2, -0.15) is 0 Å². The Hall–Kier alpha value is -0.180. The summed E-state index contributed by atoms with van der Waals surface area (Å²) in [6.45, 7) is 3.68. The lowest BCUT2D eigenvalue weighted by atomic mass is 10.0. The van der Waals surface area contributed by atoms with Gasteiger partial charge in [-0.1, -0.05) is 13.8 Å². The molecule has 0 aliphatic carbocycles. The third-order valence-corrected chi connectivity index (χ3v) is 1.31. The highest BCUT2D eigenvalue weighted by Gasteiger charge is 2.13. The van der Waals surface area contributed by atoms with Crippen LogP contribution in [0, 0.1) is 5.92 Å². The molecule has 0 rings (SSSR count). The first kappa shape index (κ1) is 8.82. The van der Waals surface area contributed by atoms with Gasteiger partial charge in [-0.25, -0.2) is 8.78 Å². The van der Waals surface area contributed by atoms with E-state index in [0.29, 0.717) is 0 Å². The van der Waals surface area contributed by atoms with Crippen molar-refractivity contribution in [2.24, 2.45) is 11.7 Å². The Morgan fingerprint density at radius 1 is 1.33 bits per heavy atom. The molecule has 0 fully saturated rings. The summed E-state index contributed by atoms with van der Waals surface area (Å²) < 4.78 is 23.1. The van der Waals surface area contributed by atoms with Gasteiger partial charge in [0.2, 0.25) is 6.43 Å². The molecule has 0 aromatic rings. The lowest BCUT2D eigenvalue weighted by Gasteiger charge is -2.13. The van der Waals surface area contributed by atoms with Crippen LogP contribution in [-0.2, 0) is 0 Å². The zero-order valence-corrected chi connectivity index (χ0v) is 5.77. The van der Waals surface area contributed by atoms with Crippen LogP contribution in [0.15, 0.2) is 0 Å². The molecule has 56 valence electrons. The molecule has 0 radical (unpaired) electrons. The standard InChI is InChI=1S/C6H13F2N/c1-4(2)5(9)3-6(7)8/h4-6H,3,9H2,1-2H3/t5-/m0/s1. The molecule has 0 aromatic carbocycles. The zero-order chi connectivity index (χ0) is 7.44. The van der Waals surface area contributed by atoms with Gasteiger partial charge in [0.25, 0.3) is 0 Å². The summed E-state index contributed by atoms with van der Waals surface area (Å²) in [6, 6.07) is -0.356. The van der Waals surface area contributed by atoms with E-state index in [0.717, 1.165) is 0 Å². The first-order chi connectivity index (χ1) is 4.04. The average molecular weight is 137 g/mol. The Kier molecular flexibility index (Phi) is 3.70. The van der Waals surface area contributed by atoms with E-state index in [1.165, 1.54) is 0 Å². The predicted molar refractivity (Wildman–Crippen MR) is 33.4 cm³/mol. The van der Waals surface area contributed by atoms with Crippen LogP contribution in [0.3, 0.4) is 0 Å². The van der Waals surface area contributed by atoms with E-state index in [9.17, 15) is 8.78 Å². The van der Waals surface area contributed by atoms with Gasteiger partial charge in [0, 0.05) is 12.5 Å². The van der Waals surface area contributed by atoms with Crippen LogP contribution in [0.25, 0.3) is 0 Å². The third-order valence-electron chi connectivity index (χ3n) is 1.31. The molecule has 2 N–H and O–H groups in total. The fourth-order valence-corrected chi connectivity index (χ4v) is 0.478. The van der Waals surface area contributed by atoms with Crippen LogP contribution >= 0.6 is 0 Å². The highest BCUT2D eigenvalue weighted by Crippen LogP contribution is 2.08. The van der Waals surface area contributed by atoms with Crippen LogP contribution < -0.4 is 5.73 Å². The lowest BCUT2D eigenvalue weighted by molar-refractivity contribution is 0.121. The maximum atomic E-state index is 11.6. The molecule has 0 saturated heterocycles. The summed E-state index contributed by atoms with van der Waals surface area (Å²) in [5.41, 5.74) is 5.34. The third kappa shape index (κ3) is 4.33. The quantitative estimate of drug-likeness (QED) is 0.628. The Morgan fingerprint density at radius 3 is 1.89 bits per heavy atom. The molecule has 3 heteroatoms. The SMILES string of the molecule is CC(C)[C@@H](N)CC(F)F. The van der Waals surface area contributed by atoms with Crippen LogP contribution in [0.4, 0.5) is 8.78 Å². The van der Waals surface area contributed by atoms with E-state index in [1.54, 1.807) is 0 Å².